The molecule has 1 aromatic rings. The third kappa shape index (κ3) is 2.49. The third-order valence-corrected chi connectivity index (χ3v) is 3.62. The molecule has 0 radical (unpaired) electrons. The van der Waals surface area contributed by atoms with Crippen LogP contribution in [0, 0.1) is 0 Å². The van der Waals surface area contributed by atoms with Gasteiger partial charge in [-0.25, -0.2) is 4.79 Å². The molecular formula is C14H16ClN3O. The van der Waals surface area contributed by atoms with E-state index in [1.165, 1.54) is 0 Å². The van der Waals surface area contributed by atoms with Crippen LogP contribution in [0.3, 0.4) is 0 Å². The van der Waals surface area contributed by atoms with Gasteiger partial charge in [0.15, 0.2) is 0 Å². The number of nitrogens with zero attached hydrogens (tertiary/aromatic N) is 2. The maximum Gasteiger partial charge on any atom is 0.346 e. The molecule has 1 aliphatic heterocycles. The maximum atomic E-state index is 11.8. The fourth-order valence-corrected chi connectivity index (χ4v) is 2.35. The maximum absolute atomic E-state index is 11.8. The van der Waals surface area contributed by atoms with E-state index in [4.69, 9.17) is 17.3 Å². The number of aliphatic imine (C=N–C) groups is 1. The first-order valence-electron chi connectivity index (χ1n) is 5.99. The monoisotopic (exact) mass is 277 g/mol. The number of hydrogen-bond donors (Lipinski definition) is 1. The lowest BCUT2D eigenvalue weighted by atomic mass is 9.90. The molecule has 1 aliphatic rings. The summed E-state index contributed by atoms with van der Waals surface area (Å²) in [7, 11) is 0. The summed E-state index contributed by atoms with van der Waals surface area (Å²) in [5, 5.41) is 0.681. The van der Waals surface area contributed by atoms with Crippen LogP contribution in [0.4, 0.5) is 4.79 Å². The zero-order valence-electron chi connectivity index (χ0n) is 10.8. The minimum Gasteiger partial charge on any atom is -0.385 e. The van der Waals surface area contributed by atoms with Gasteiger partial charge in [0, 0.05) is 18.0 Å². The molecule has 0 fully saturated rings. The van der Waals surface area contributed by atoms with Crippen LogP contribution >= 0.6 is 11.6 Å². The Morgan fingerprint density at radius 3 is 2.68 bits per heavy atom. The molecule has 0 bridgehead atoms. The number of rotatable bonds is 4. The zero-order valence-corrected chi connectivity index (χ0v) is 11.5. The minimum atomic E-state index is -0.612. The lowest BCUT2D eigenvalue weighted by Crippen LogP contribution is -2.53. The summed E-state index contributed by atoms with van der Waals surface area (Å²) >= 11 is 5.87. The number of amidine groups is 1. The molecule has 19 heavy (non-hydrogen) atoms. The van der Waals surface area contributed by atoms with Crippen molar-refractivity contribution >= 4 is 23.5 Å². The van der Waals surface area contributed by atoms with Crippen LogP contribution in [0.5, 0.6) is 0 Å². The first-order valence-corrected chi connectivity index (χ1v) is 6.37. The molecule has 2 amide bonds. The van der Waals surface area contributed by atoms with E-state index in [1.54, 1.807) is 11.0 Å². The molecular weight excluding hydrogens is 262 g/mol. The summed E-state index contributed by atoms with van der Waals surface area (Å²) in [6, 6.07) is 7.18. The molecule has 2 N–H and O–H groups in total. The van der Waals surface area contributed by atoms with E-state index in [0.29, 0.717) is 23.8 Å². The molecule has 1 unspecified atom stereocenters. The van der Waals surface area contributed by atoms with Crippen molar-refractivity contribution in [2.75, 3.05) is 6.54 Å². The molecule has 1 heterocycles. The van der Waals surface area contributed by atoms with Crippen LogP contribution in [-0.2, 0) is 6.42 Å². The van der Waals surface area contributed by atoms with E-state index in [9.17, 15) is 4.79 Å². The number of benzene rings is 1. The highest BCUT2D eigenvalue weighted by molar-refractivity contribution is 6.30. The molecule has 5 heteroatoms. The first kappa shape index (κ1) is 13.6. The number of hydrogen-bond acceptors (Lipinski definition) is 2. The van der Waals surface area contributed by atoms with Crippen molar-refractivity contribution in [3.8, 4) is 0 Å². The van der Waals surface area contributed by atoms with E-state index < -0.39 is 5.54 Å². The molecule has 0 aliphatic carbocycles. The average molecular weight is 278 g/mol. The quantitative estimate of drug-likeness (QED) is 0.860. The molecule has 1 aromatic carbocycles. The number of amides is 2. The predicted molar refractivity (Wildman–Crippen MR) is 77.5 cm³/mol. The highest BCUT2D eigenvalue weighted by Gasteiger charge is 2.43. The fourth-order valence-electron chi connectivity index (χ4n) is 2.23. The van der Waals surface area contributed by atoms with E-state index in [2.05, 4.69) is 11.6 Å². The summed E-state index contributed by atoms with van der Waals surface area (Å²) in [4.78, 5) is 17.3. The van der Waals surface area contributed by atoms with Gasteiger partial charge in [-0.2, -0.15) is 4.99 Å². The molecule has 0 saturated carbocycles. The van der Waals surface area contributed by atoms with E-state index in [0.717, 1.165) is 5.56 Å². The standard InChI is InChI=1S/C14H16ClN3O/c1-3-8-18-13(19)17-12(16)14(18,2)9-10-4-6-11(15)7-5-10/h3-7H,1,8-9H2,2H3,(H2,16,17,19). The minimum absolute atomic E-state index is 0.311. The van der Waals surface area contributed by atoms with E-state index in [1.807, 2.05) is 31.2 Å². The SMILES string of the molecule is C=CCN1C(=O)N=C(N)C1(C)Cc1ccc(Cl)cc1. The Kier molecular flexibility index (Phi) is 3.62. The highest BCUT2D eigenvalue weighted by atomic mass is 35.5. The largest absolute Gasteiger partial charge is 0.385 e. The van der Waals surface area contributed by atoms with Crippen molar-refractivity contribution < 1.29 is 4.79 Å². The Labute approximate surface area is 117 Å². The molecule has 4 nitrogen and oxygen atoms in total. The van der Waals surface area contributed by atoms with Crippen LogP contribution in [0.2, 0.25) is 5.02 Å². The Morgan fingerprint density at radius 1 is 1.47 bits per heavy atom. The summed E-state index contributed by atoms with van der Waals surface area (Å²) < 4.78 is 0. The van der Waals surface area contributed by atoms with Gasteiger partial charge in [-0.05, 0) is 24.6 Å². The van der Waals surface area contributed by atoms with Gasteiger partial charge in [0.05, 0.1) is 0 Å². The molecule has 0 aromatic heterocycles. The predicted octanol–water partition coefficient (Wildman–Crippen LogP) is 2.62. The van der Waals surface area contributed by atoms with Gasteiger partial charge in [-0.3, -0.25) is 0 Å². The van der Waals surface area contributed by atoms with E-state index >= 15 is 0 Å². The Morgan fingerprint density at radius 2 is 2.11 bits per heavy atom. The third-order valence-electron chi connectivity index (χ3n) is 3.37. The molecule has 1 atom stereocenters. The van der Waals surface area contributed by atoms with Gasteiger partial charge in [-0.1, -0.05) is 29.8 Å². The van der Waals surface area contributed by atoms with Gasteiger partial charge < -0.3 is 10.6 Å². The topological polar surface area (TPSA) is 58.7 Å². The van der Waals surface area contributed by atoms with Gasteiger partial charge in [0.2, 0.25) is 0 Å². The van der Waals surface area contributed by atoms with Crippen molar-refractivity contribution in [2.45, 2.75) is 18.9 Å². The highest BCUT2D eigenvalue weighted by Crippen LogP contribution is 2.27. The van der Waals surface area contributed by atoms with Crippen LogP contribution < -0.4 is 5.73 Å². The van der Waals surface area contributed by atoms with Gasteiger partial charge in [0.25, 0.3) is 0 Å². The van der Waals surface area contributed by atoms with Crippen molar-refractivity contribution in [1.29, 1.82) is 0 Å². The summed E-state index contributed by atoms with van der Waals surface area (Å²) in [6.07, 6.45) is 2.27. The second-order valence-corrected chi connectivity index (χ2v) is 5.19. The van der Waals surface area contributed by atoms with Crippen molar-refractivity contribution in [1.82, 2.24) is 4.90 Å². The number of halogens is 1. The Hall–Kier alpha value is -1.81. The second kappa shape index (κ2) is 5.05. The second-order valence-electron chi connectivity index (χ2n) is 4.76. The van der Waals surface area contributed by atoms with Gasteiger partial charge in [0.1, 0.15) is 11.4 Å². The summed E-state index contributed by atoms with van der Waals surface area (Å²) in [5.74, 6) is 0.342. The summed E-state index contributed by atoms with van der Waals surface area (Å²) in [5.41, 5.74) is 6.37. The fraction of sp³-hybridized carbons (Fsp3) is 0.286. The lowest BCUT2D eigenvalue weighted by molar-refractivity contribution is 0.187. The van der Waals surface area contributed by atoms with Crippen LogP contribution in [0.1, 0.15) is 12.5 Å². The number of nitrogens with two attached hydrogens (primary N) is 1. The average Bonchev–Trinajstić information content (AvgIpc) is 2.57. The van der Waals surface area contributed by atoms with Crippen LogP contribution in [0.15, 0.2) is 41.9 Å². The lowest BCUT2D eigenvalue weighted by Gasteiger charge is -2.34. The zero-order chi connectivity index (χ0) is 14.0. The molecule has 0 spiro atoms. The Bertz CT molecular complexity index is 538. The normalized spacial score (nSPS) is 22.5. The summed E-state index contributed by atoms with van der Waals surface area (Å²) in [6.45, 7) is 6.00. The number of carbonyl (C=O) groups excluding carboxylic acids is 1. The molecule has 100 valence electrons. The van der Waals surface area contributed by atoms with Crippen LogP contribution in [0.25, 0.3) is 0 Å². The molecule has 0 saturated heterocycles. The van der Waals surface area contributed by atoms with Crippen molar-refractivity contribution in [3.05, 3.63) is 47.5 Å². The van der Waals surface area contributed by atoms with Crippen molar-refractivity contribution in [3.63, 3.8) is 0 Å². The van der Waals surface area contributed by atoms with Crippen molar-refractivity contribution in [2.24, 2.45) is 10.7 Å². The van der Waals surface area contributed by atoms with Gasteiger partial charge >= 0.3 is 6.03 Å². The smallest absolute Gasteiger partial charge is 0.346 e. The first-order chi connectivity index (χ1) is 8.97. The van der Waals surface area contributed by atoms with E-state index in [-0.39, 0.29) is 6.03 Å². The number of carbonyl (C=O) groups is 1. The molecule has 2 rings (SSSR count). The number of urea groups is 1. The van der Waals surface area contributed by atoms with Crippen LogP contribution in [-0.4, -0.2) is 28.9 Å². The van der Waals surface area contributed by atoms with Gasteiger partial charge in [-0.15, -0.1) is 6.58 Å². The Balaban J connectivity index is 2.29.